The molecule has 5 nitrogen and oxygen atoms in total. The van der Waals surface area contributed by atoms with Gasteiger partial charge in [-0.1, -0.05) is 36.4 Å². The van der Waals surface area contributed by atoms with Crippen LogP contribution in [0.5, 0.6) is 11.5 Å². The third-order valence-corrected chi connectivity index (χ3v) is 7.00. The van der Waals surface area contributed by atoms with E-state index in [4.69, 9.17) is 10.1 Å². The Balaban J connectivity index is 0.00000274. The zero-order valence-electron chi connectivity index (χ0n) is 20.3. The Labute approximate surface area is 227 Å². The van der Waals surface area contributed by atoms with Crippen LogP contribution in [0.1, 0.15) is 54.7 Å². The van der Waals surface area contributed by atoms with Crippen LogP contribution in [-0.2, 0) is 38.2 Å². The Bertz CT molecular complexity index is 1160. The number of hydrogen-bond acceptors (Lipinski definition) is 4. The molecule has 0 unspecified atom stereocenters. The Morgan fingerprint density at radius 3 is 1.74 bits per heavy atom. The third-order valence-electron chi connectivity index (χ3n) is 7.00. The van der Waals surface area contributed by atoms with E-state index in [1.807, 2.05) is 24.3 Å². The molecule has 0 aromatic heterocycles. The Kier molecular flexibility index (Phi) is 7.07. The zero-order chi connectivity index (χ0) is 23.2. The van der Waals surface area contributed by atoms with Gasteiger partial charge in [0, 0.05) is 88.0 Å². The van der Waals surface area contributed by atoms with Crippen LogP contribution < -0.4 is 14.5 Å². The first-order chi connectivity index (χ1) is 16.1. The minimum absolute atomic E-state index is 0. The molecule has 2 aliphatic heterocycles. The Morgan fingerprint density at radius 1 is 0.735 bits per heavy atom. The molecule has 2 heterocycles. The second-order valence-corrected chi connectivity index (χ2v) is 8.48. The molecule has 1 radical (unpaired) electrons. The average Bonchev–Trinajstić information content (AvgIpc) is 3.13. The average molecular weight is 529 g/mol. The van der Waals surface area contributed by atoms with Crippen LogP contribution in [0, 0.1) is 0 Å². The van der Waals surface area contributed by atoms with Crippen molar-refractivity contribution in [3.8, 4) is 11.5 Å². The van der Waals surface area contributed by atoms with E-state index in [9.17, 15) is 4.79 Å². The molecule has 0 atom stereocenters. The van der Waals surface area contributed by atoms with Crippen molar-refractivity contribution < 1.29 is 42.2 Å². The van der Waals surface area contributed by atoms with Gasteiger partial charge in [0.1, 0.15) is 11.5 Å². The van der Waals surface area contributed by atoms with Gasteiger partial charge in [0.2, 0.25) is 0 Å². The van der Waals surface area contributed by atoms with Crippen molar-refractivity contribution in [1.29, 1.82) is 0 Å². The van der Waals surface area contributed by atoms with Crippen LogP contribution >= 0.6 is 0 Å². The molecule has 5 rings (SSSR count). The molecular formula is C28H30N3O2Y-. The van der Waals surface area contributed by atoms with Crippen molar-refractivity contribution in [3.63, 3.8) is 0 Å². The van der Waals surface area contributed by atoms with E-state index < -0.39 is 5.54 Å². The molecule has 1 spiro atoms. The summed E-state index contributed by atoms with van der Waals surface area (Å²) in [6, 6.07) is 20.4. The van der Waals surface area contributed by atoms with Crippen molar-refractivity contribution in [1.82, 2.24) is 0 Å². The van der Waals surface area contributed by atoms with Crippen LogP contribution in [0.2, 0.25) is 0 Å². The fourth-order valence-corrected chi connectivity index (χ4v) is 5.29. The molecule has 2 aliphatic rings. The van der Waals surface area contributed by atoms with Crippen LogP contribution in [0.15, 0.2) is 60.7 Å². The number of amides is 1. The predicted octanol–water partition coefficient (Wildman–Crippen LogP) is 6.30. The Hall–Kier alpha value is -2.37. The summed E-state index contributed by atoms with van der Waals surface area (Å²) < 4.78 is 6.55. The molecule has 1 amide bonds. The zero-order valence-corrected chi connectivity index (χ0v) is 23.2. The molecule has 3 aromatic rings. The number of carbonyl (C=O) groups excluding carboxylic acids is 1. The maximum atomic E-state index is 13.1. The first kappa shape index (κ1) is 24.7. The van der Waals surface area contributed by atoms with Gasteiger partial charge in [-0.2, -0.15) is 0 Å². The van der Waals surface area contributed by atoms with Gasteiger partial charge in [0.05, 0.1) is 5.91 Å². The maximum Gasteiger partial charge on any atom is 0.132 e. The molecule has 0 saturated carbocycles. The van der Waals surface area contributed by atoms with Gasteiger partial charge in [-0.3, -0.25) is 0 Å². The van der Waals surface area contributed by atoms with E-state index in [0.717, 1.165) is 65.7 Å². The van der Waals surface area contributed by atoms with Crippen molar-refractivity contribution in [2.45, 2.75) is 33.2 Å². The number of hydrogen-bond donors (Lipinski definition) is 0. The summed E-state index contributed by atoms with van der Waals surface area (Å²) in [5, 5.41) is 4.81. The van der Waals surface area contributed by atoms with E-state index in [0.29, 0.717) is 5.56 Å². The summed E-state index contributed by atoms with van der Waals surface area (Å²) in [5.74, 6) is 1.35. The predicted molar refractivity (Wildman–Crippen MR) is 134 cm³/mol. The van der Waals surface area contributed by atoms with Gasteiger partial charge in [0.25, 0.3) is 0 Å². The number of benzene rings is 3. The van der Waals surface area contributed by atoms with Gasteiger partial charge in [-0.15, -0.1) is 0 Å². The van der Waals surface area contributed by atoms with Gasteiger partial charge in [-0.05, 0) is 62.1 Å². The fraction of sp³-hybridized carbons (Fsp3) is 0.321. The first-order valence-corrected chi connectivity index (χ1v) is 11.9. The number of nitrogens with zero attached hydrogens (tertiary/aromatic N) is 3. The SMILES string of the molecule is CCN(CC)c1ccc2c(c1)Oc1cc(N(CC)CC)ccc1C21[N-]C(=O)c2ccccc21.[Y]. The molecule has 3 aromatic carbocycles. The second kappa shape index (κ2) is 9.71. The number of carbonyl (C=O) groups is 1. The van der Waals surface area contributed by atoms with Crippen molar-refractivity contribution in [2.24, 2.45) is 0 Å². The second-order valence-electron chi connectivity index (χ2n) is 8.48. The van der Waals surface area contributed by atoms with Gasteiger partial charge >= 0.3 is 0 Å². The number of anilines is 2. The molecule has 0 aliphatic carbocycles. The summed E-state index contributed by atoms with van der Waals surface area (Å²) in [4.78, 5) is 17.7. The standard InChI is InChI=1S/C28H31N3O2.Y/c1-5-30(6-2)19-13-15-23-25(17-19)33-26-18-20(31(7-3)8-4)14-16-24(26)28(23)22-12-10-9-11-21(22)27(32)29-28;/h9-18H,5-8H2,1-4H3,(H,29,32);/p-1. The summed E-state index contributed by atoms with van der Waals surface area (Å²) in [5.41, 5.74) is 4.74. The monoisotopic (exact) mass is 529 g/mol. The van der Waals surface area contributed by atoms with Crippen molar-refractivity contribution >= 4 is 17.3 Å². The number of rotatable bonds is 6. The normalized spacial score (nSPS) is 14.3. The van der Waals surface area contributed by atoms with Crippen LogP contribution in [0.4, 0.5) is 11.4 Å². The largest absolute Gasteiger partial charge is 0.633 e. The van der Waals surface area contributed by atoms with Crippen LogP contribution in [-0.4, -0.2) is 32.1 Å². The van der Waals surface area contributed by atoms with E-state index in [1.54, 1.807) is 0 Å². The molecule has 6 heteroatoms. The van der Waals surface area contributed by atoms with E-state index >= 15 is 0 Å². The number of ether oxygens (including phenoxy) is 1. The van der Waals surface area contributed by atoms with Crippen LogP contribution in [0.25, 0.3) is 5.32 Å². The maximum absolute atomic E-state index is 13.1. The van der Waals surface area contributed by atoms with Gasteiger partial charge in [0.15, 0.2) is 0 Å². The quantitative estimate of drug-likeness (QED) is 0.376. The van der Waals surface area contributed by atoms with Crippen molar-refractivity contribution in [2.75, 3.05) is 36.0 Å². The van der Waals surface area contributed by atoms with Crippen molar-refractivity contribution in [3.05, 3.63) is 88.2 Å². The van der Waals surface area contributed by atoms with E-state index in [2.05, 4.69) is 73.9 Å². The van der Waals surface area contributed by atoms with Crippen LogP contribution in [0.3, 0.4) is 0 Å². The molecule has 0 bridgehead atoms. The fourth-order valence-electron chi connectivity index (χ4n) is 5.29. The molecule has 0 saturated heterocycles. The molecule has 0 fully saturated rings. The van der Waals surface area contributed by atoms with E-state index in [1.165, 1.54) is 0 Å². The molecule has 173 valence electrons. The minimum atomic E-state index is -0.889. The van der Waals surface area contributed by atoms with E-state index in [-0.39, 0.29) is 38.6 Å². The summed E-state index contributed by atoms with van der Waals surface area (Å²) in [6.45, 7) is 12.2. The molecular weight excluding hydrogens is 499 g/mol. The molecule has 34 heavy (non-hydrogen) atoms. The number of fused-ring (bicyclic) bond motifs is 6. The Morgan fingerprint density at radius 2 is 1.24 bits per heavy atom. The first-order valence-electron chi connectivity index (χ1n) is 11.9. The topological polar surface area (TPSA) is 46.9 Å². The summed E-state index contributed by atoms with van der Waals surface area (Å²) in [6.07, 6.45) is 0. The summed E-state index contributed by atoms with van der Waals surface area (Å²) >= 11 is 0. The van der Waals surface area contributed by atoms with Gasteiger partial charge in [-0.25, -0.2) is 0 Å². The smallest absolute Gasteiger partial charge is 0.132 e. The summed E-state index contributed by atoms with van der Waals surface area (Å²) in [7, 11) is 0. The van der Waals surface area contributed by atoms with Gasteiger partial charge < -0.3 is 24.6 Å². The third kappa shape index (κ3) is 3.65. The minimum Gasteiger partial charge on any atom is -0.633 e. The molecule has 0 N–H and O–H groups in total.